The van der Waals surface area contributed by atoms with Crippen molar-refractivity contribution in [3.63, 3.8) is 0 Å². The predicted molar refractivity (Wildman–Crippen MR) is 123 cm³/mol. The van der Waals surface area contributed by atoms with Gasteiger partial charge in [-0.25, -0.2) is 15.0 Å². The van der Waals surface area contributed by atoms with Gasteiger partial charge in [-0.2, -0.15) is 5.26 Å². The van der Waals surface area contributed by atoms with E-state index in [9.17, 15) is 10.1 Å². The fourth-order valence-electron chi connectivity index (χ4n) is 3.49. The fourth-order valence-corrected chi connectivity index (χ4v) is 3.74. The maximum absolute atomic E-state index is 13.6. The summed E-state index contributed by atoms with van der Waals surface area (Å²) in [5.74, 6) is 1.15. The summed E-state index contributed by atoms with van der Waals surface area (Å²) in [6, 6.07) is 8.44. The van der Waals surface area contributed by atoms with Crippen LogP contribution >= 0.6 is 11.6 Å². The number of halogens is 1. The van der Waals surface area contributed by atoms with Crippen LogP contribution in [0.2, 0.25) is 5.02 Å². The summed E-state index contributed by atoms with van der Waals surface area (Å²) >= 11 is 6.34. The van der Waals surface area contributed by atoms with Gasteiger partial charge in [0.1, 0.15) is 29.1 Å². The van der Waals surface area contributed by atoms with Gasteiger partial charge in [0.25, 0.3) is 5.56 Å². The average molecular weight is 447 g/mol. The molecule has 0 aliphatic carbocycles. The lowest BCUT2D eigenvalue weighted by Crippen LogP contribution is -2.28. The minimum absolute atomic E-state index is 0.0771. The van der Waals surface area contributed by atoms with E-state index in [1.54, 1.807) is 37.5 Å². The maximum Gasteiger partial charge on any atom is 0.267 e. The van der Waals surface area contributed by atoms with Crippen LogP contribution in [0, 0.1) is 25.2 Å². The van der Waals surface area contributed by atoms with E-state index in [2.05, 4.69) is 20.3 Å². The van der Waals surface area contributed by atoms with Crippen molar-refractivity contribution in [2.75, 3.05) is 11.1 Å². The van der Waals surface area contributed by atoms with Crippen molar-refractivity contribution in [1.82, 2.24) is 24.5 Å². The number of pyridine rings is 1. The molecule has 0 spiro atoms. The van der Waals surface area contributed by atoms with E-state index in [0.29, 0.717) is 33.3 Å². The summed E-state index contributed by atoms with van der Waals surface area (Å²) in [5, 5.41) is 13.3. The molecule has 0 bridgehead atoms. The van der Waals surface area contributed by atoms with Gasteiger partial charge in [-0.05, 0) is 44.5 Å². The number of benzene rings is 1. The number of hydrogen-bond acceptors (Lipinski definition) is 8. The molecule has 9 nitrogen and oxygen atoms in total. The summed E-state index contributed by atoms with van der Waals surface area (Å²) in [7, 11) is 0. The molecular formula is C22H19ClN8O. The Bertz CT molecular complexity index is 1460. The van der Waals surface area contributed by atoms with Crippen LogP contribution in [-0.4, -0.2) is 24.5 Å². The molecule has 1 atom stereocenters. The number of anilines is 2. The number of nitrogens with one attached hydrogen (secondary N) is 1. The second-order valence-electron chi connectivity index (χ2n) is 7.32. The van der Waals surface area contributed by atoms with Gasteiger partial charge in [-0.1, -0.05) is 17.7 Å². The van der Waals surface area contributed by atoms with Crippen molar-refractivity contribution >= 4 is 34.1 Å². The molecule has 10 heteroatoms. The molecule has 1 aromatic carbocycles. The number of aromatic nitrogens is 5. The molecule has 160 valence electrons. The Morgan fingerprint density at radius 3 is 2.72 bits per heavy atom. The van der Waals surface area contributed by atoms with Crippen molar-refractivity contribution in [2.24, 2.45) is 0 Å². The highest BCUT2D eigenvalue weighted by molar-refractivity contribution is 6.35. The first-order chi connectivity index (χ1) is 15.3. The third-order valence-corrected chi connectivity index (χ3v) is 5.21. The van der Waals surface area contributed by atoms with Crippen LogP contribution in [0.1, 0.15) is 35.7 Å². The van der Waals surface area contributed by atoms with E-state index in [4.69, 9.17) is 22.3 Å². The second kappa shape index (κ2) is 8.24. The summed E-state index contributed by atoms with van der Waals surface area (Å²) < 4.78 is 1.47. The third-order valence-electron chi connectivity index (χ3n) is 4.89. The first kappa shape index (κ1) is 21.2. The summed E-state index contributed by atoms with van der Waals surface area (Å²) in [6.45, 7) is 5.38. The van der Waals surface area contributed by atoms with Crippen LogP contribution in [0.4, 0.5) is 11.6 Å². The highest BCUT2D eigenvalue weighted by Crippen LogP contribution is 2.26. The van der Waals surface area contributed by atoms with Crippen LogP contribution in [0.25, 0.3) is 16.6 Å². The number of nitrogens with two attached hydrogens (primary N) is 1. The van der Waals surface area contributed by atoms with Gasteiger partial charge in [0.05, 0.1) is 33.9 Å². The largest absolute Gasteiger partial charge is 0.382 e. The lowest BCUT2D eigenvalue weighted by Gasteiger charge is -2.21. The molecule has 3 N–H and O–H groups in total. The quantitative estimate of drug-likeness (QED) is 0.486. The SMILES string of the molecule is Cc1cncc(-n2c(C(C)Nc3nc(C)nc(N)c3C#N)nc3cccc(Cl)c3c2=O)c1. The van der Waals surface area contributed by atoms with E-state index in [0.717, 1.165) is 5.56 Å². The van der Waals surface area contributed by atoms with Gasteiger partial charge in [-0.15, -0.1) is 0 Å². The normalized spacial score (nSPS) is 11.8. The Hall–Kier alpha value is -4.03. The second-order valence-corrected chi connectivity index (χ2v) is 7.73. The van der Waals surface area contributed by atoms with E-state index < -0.39 is 6.04 Å². The minimum atomic E-state index is -0.535. The topological polar surface area (TPSA) is 135 Å². The molecule has 0 saturated carbocycles. The van der Waals surface area contributed by atoms with Gasteiger partial charge in [-0.3, -0.25) is 14.3 Å². The molecule has 0 amide bonds. The van der Waals surface area contributed by atoms with Crippen LogP contribution in [0.15, 0.2) is 41.5 Å². The Kier molecular flexibility index (Phi) is 5.47. The highest BCUT2D eigenvalue weighted by atomic mass is 35.5. The highest BCUT2D eigenvalue weighted by Gasteiger charge is 2.22. The molecular weight excluding hydrogens is 428 g/mol. The van der Waals surface area contributed by atoms with Crippen molar-refractivity contribution in [3.05, 3.63) is 74.8 Å². The monoisotopic (exact) mass is 446 g/mol. The van der Waals surface area contributed by atoms with Crippen LogP contribution < -0.4 is 16.6 Å². The number of rotatable bonds is 4. The lowest BCUT2D eigenvalue weighted by molar-refractivity contribution is 0.728. The first-order valence-corrected chi connectivity index (χ1v) is 10.1. The van der Waals surface area contributed by atoms with Gasteiger partial charge in [0.15, 0.2) is 5.82 Å². The van der Waals surface area contributed by atoms with Crippen molar-refractivity contribution in [3.8, 4) is 11.8 Å². The van der Waals surface area contributed by atoms with E-state index in [1.165, 1.54) is 4.57 Å². The number of hydrogen-bond donors (Lipinski definition) is 2. The zero-order valence-electron chi connectivity index (χ0n) is 17.6. The molecule has 0 aliphatic heterocycles. The molecule has 3 aromatic heterocycles. The Labute approximate surface area is 188 Å². The Balaban J connectivity index is 1.95. The predicted octanol–water partition coefficient (Wildman–Crippen LogP) is 3.47. The Morgan fingerprint density at radius 2 is 2.00 bits per heavy atom. The van der Waals surface area contributed by atoms with E-state index in [1.807, 2.05) is 26.0 Å². The summed E-state index contributed by atoms with van der Waals surface area (Å²) in [4.78, 5) is 30.9. The van der Waals surface area contributed by atoms with E-state index in [-0.39, 0.29) is 22.8 Å². The van der Waals surface area contributed by atoms with Crippen LogP contribution in [0.5, 0.6) is 0 Å². The van der Waals surface area contributed by atoms with Crippen molar-refractivity contribution in [1.29, 1.82) is 5.26 Å². The zero-order chi connectivity index (χ0) is 23.0. The Morgan fingerprint density at radius 1 is 1.22 bits per heavy atom. The third kappa shape index (κ3) is 3.72. The van der Waals surface area contributed by atoms with E-state index >= 15 is 0 Å². The molecule has 32 heavy (non-hydrogen) atoms. The fraction of sp³-hybridized carbons (Fsp3) is 0.182. The molecule has 4 rings (SSSR count). The van der Waals surface area contributed by atoms with Gasteiger partial charge >= 0.3 is 0 Å². The molecule has 0 radical (unpaired) electrons. The molecule has 3 heterocycles. The minimum Gasteiger partial charge on any atom is -0.382 e. The number of nitriles is 1. The molecule has 0 aliphatic rings. The van der Waals surface area contributed by atoms with Crippen molar-refractivity contribution in [2.45, 2.75) is 26.8 Å². The van der Waals surface area contributed by atoms with Gasteiger partial charge in [0.2, 0.25) is 0 Å². The molecule has 1 unspecified atom stereocenters. The number of nitrogens with zero attached hydrogens (tertiary/aromatic N) is 6. The number of nitrogen functional groups attached to an aromatic ring is 1. The lowest BCUT2D eigenvalue weighted by atomic mass is 10.2. The zero-order valence-corrected chi connectivity index (χ0v) is 18.3. The standard InChI is InChI=1S/C22H19ClN8O/c1-11-7-14(10-26-9-11)31-21(30-17-6-4-5-16(23)18(17)22(31)32)12(2)27-20-15(8-24)19(25)28-13(3)29-20/h4-7,9-10,12H,1-3H3,(H3,25,27,28,29). The van der Waals surface area contributed by atoms with Crippen molar-refractivity contribution < 1.29 is 0 Å². The van der Waals surface area contributed by atoms with Crippen LogP contribution in [-0.2, 0) is 0 Å². The van der Waals surface area contributed by atoms with Gasteiger partial charge < -0.3 is 11.1 Å². The molecule has 0 saturated heterocycles. The van der Waals surface area contributed by atoms with Gasteiger partial charge in [0, 0.05) is 6.20 Å². The number of aryl methyl sites for hydroxylation is 2. The number of fused-ring (bicyclic) bond motifs is 1. The summed E-state index contributed by atoms with van der Waals surface area (Å²) in [5.41, 5.74) is 7.58. The average Bonchev–Trinajstić information content (AvgIpc) is 2.73. The smallest absolute Gasteiger partial charge is 0.267 e. The molecule has 4 aromatic rings. The molecule has 0 fully saturated rings. The van der Waals surface area contributed by atoms with Crippen LogP contribution in [0.3, 0.4) is 0 Å². The maximum atomic E-state index is 13.6. The summed E-state index contributed by atoms with van der Waals surface area (Å²) in [6.07, 6.45) is 3.28. The first-order valence-electron chi connectivity index (χ1n) is 9.74.